The van der Waals surface area contributed by atoms with Gasteiger partial charge >= 0.3 is 0 Å². The van der Waals surface area contributed by atoms with Gasteiger partial charge in [-0.3, -0.25) is 0 Å². The number of unbranched alkanes of at least 4 members (excludes halogenated alkanes) is 1. The fraction of sp³-hybridized carbons (Fsp3) is 0.600. The number of hydrogen-bond acceptors (Lipinski definition) is 3. The monoisotopic (exact) mass is 329 g/mol. The molecule has 0 atom stereocenters. The van der Waals surface area contributed by atoms with Crippen LogP contribution in [0.5, 0.6) is 11.5 Å². The molecule has 1 rings (SSSR count). The molecule has 0 aliphatic heterocycles. The van der Waals surface area contributed by atoms with Crippen LogP contribution < -0.4 is 14.8 Å². The van der Waals surface area contributed by atoms with Crippen LogP contribution >= 0.6 is 15.9 Å². The molecule has 4 heteroatoms. The second-order valence-electron chi connectivity index (χ2n) is 4.79. The number of benzene rings is 1. The van der Waals surface area contributed by atoms with Gasteiger partial charge in [-0.15, -0.1) is 0 Å². The molecule has 0 aromatic heterocycles. The minimum atomic E-state index is 0.134. The lowest BCUT2D eigenvalue weighted by atomic mass is 10.2. The summed E-state index contributed by atoms with van der Waals surface area (Å²) in [7, 11) is 1.67. The number of ether oxygens (including phenoxy) is 2. The zero-order valence-corrected chi connectivity index (χ0v) is 13.8. The summed E-state index contributed by atoms with van der Waals surface area (Å²) in [6, 6.07) is 4.01. The SMILES string of the molecule is CCCCNCc1cc(OC)c(OC(C)C)cc1Br. The molecular weight excluding hydrogens is 306 g/mol. The van der Waals surface area contributed by atoms with E-state index in [1.807, 2.05) is 26.0 Å². The van der Waals surface area contributed by atoms with Gasteiger partial charge in [-0.05, 0) is 44.5 Å². The molecule has 1 aromatic rings. The van der Waals surface area contributed by atoms with Crippen LogP contribution in [0.4, 0.5) is 0 Å². The van der Waals surface area contributed by atoms with E-state index in [-0.39, 0.29) is 6.10 Å². The average Bonchev–Trinajstić information content (AvgIpc) is 2.36. The third-order valence-corrected chi connectivity index (χ3v) is 3.46. The van der Waals surface area contributed by atoms with Gasteiger partial charge in [0.25, 0.3) is 0 Å². The van der Waals surface area contributed by atoms with Crippen LogP contribution in [0.25, 0.3) is 0 Å². The van der Waals surface area contributed by atoms with Crippen molar-refractivity contribution in [3.8, 4) is 11.5 Å². The van der Waals surface area contributed by atoms with Crippen molar-refractivity contribution in [1.29, 1.82) is 0 Å². The smallest absolute Gasteiger partial charge is 0.162 e. The maximum absolute atomic E-state index is 5.74. The van der Waals surface area contributed by atoms with Crippen molar-refractivity contribution in [1.82, 2.24) is 5.32 Å². The van der Waals surface area contributed by atoms with Gasteiger partial charge in [-0.2, -0.15) is 0 Å². The molecule has 19 heavy (non-hydrogen) atoms. The Hall–Kier alpha value is -0.740. The third kappa shape index (κ3) is 5.41. The molecule has 0 bridgehead atoms. The van der Waals surface area contributed by atoms with Crippen molar-refractivity contribution in [2.75, 3.05) is 13.7 Å². The lowest BCUT2D eigenvalue weighted by molar-refractivity contribution is 0.230. The van der Waals surface area contributed by atoms with Gasteiger partial charge in [0.2, 0.25) is 0 Å². The Morgan fingerprint density at radius 2 is 2.00 bits per heavy atom. The molecule has 0 spiro atoms. The minimum Gasteiger partial charge on any atom is -0.493 e. The van der Waals surface area contributed by atoms with Crippen molar-refractivity contribution in [2.45, 2.75) is 46.3 Å². The highest BCUT2D eigenvalue weighted by Gasteiger charge is 2.11. The molecule has 108 valence electrons. The Labute approximate surface area is 124 Å². The van der Waals surface area contributed by atoms with Crippen LogP contribution in [0.2, 0.25) is 0 Å². The van der Waals surface area contributed by atoms with Crippen LogP contribution in [-0.4, -0.2) is 19.8 Å². The summed E-state index contributed by atoms with van der Waals surface area (Å²) < 4.78 is 12.2. The lowest BCUT2D eigenvalue weighted by Crippen LogP contribution is -2.15. The fourth-order valence-electron chi connectivity index (χ4n) is 1.74. The Kier molecular flexibility index (Phi) is 7.24. The van der Waals surface area contributed by atoms with Gasteiger partial charge in [0.05, 0.1) is 13.2 Å². The van der Waals surface area contributed by atoms with Crippen molar-refractivity contribution in [3.63, 3.8) is 0 Å². The Bertz CT molecular complexity index is 394. The molecular formula is C15H24BrNO2. The maximum atomic E-state index is 5.74. The first-order valence-electron chi connectivity index (χ1n) is 6.82. The van der Waals surface area contributed by atoms with E-state index in [2.05, 4.69) is 28.2 Å². The predicted octanol–water partition coefficient (Wildman–Crippen LogP) is 4.13. The van der Waals surface area contributed by atoms with Gasteiger partial charge in [0.1, 0.15) is 0 Å². The molecule has 3 nitrogen and oxygen atoms in total. The highest BCUT2D eigenvalue weighted by molar-refractivity contribution is 9.10. The van der Waals surface area contributed by atoms with Crippen LogP contribution in [0, 0.1) is 0 Å². The molecule has 0 saturated carbocycles. The Balaban J connectivity index is 2.77. The van der Waals surface area contributed by atoms with Crippen molar-refractivity contribution in [3.05, 3.63) is 22.2 Å². The van der Waals surface area contributed by atoms with Crippen LogP contribution in [0.15, 0.2) is 16.6 Å². The maximum Gasteiger partial charge on any atom is 0.162 e. The number of hydrogen-bond donors (Lipinski definition) is 1. The summed E-state index contributed by atoms with van der Waals surface area (Å²) in [5.74, 6) is 1.56. The summed E-state index contributed by atoms with van der Waals surface area (Å²) in [6.07, 6.45) is 2.54. The van der Waals surface area contributed by atoms with E-state index in [1.54, 1.807) is 7.11 Å². The first-order chi connectivity index (χ1) is 9.08. The van der Waals surface area contributed by atoms with Gasteiger partial charge in [0.15, 0.2) is 11.5 Å². The van der Waals surface area contributed by atoms with E-state index in [0.717, 1.165) is 29.1 Å². The molecule has 0 aliphatic rings. The molecule has 0 fully saturated rings. The number of halogens is 1. The summed E-state index contributed by atoms with van der Waals surface area (Å²) in [5.41, 5.74) is 1.18. The minimum absolute atomic E-state index is 0.134. The summed E-state index contributed by atoms with van der Waals surface area (Å²) >= 11 is 3.59. The van der Waals surface area contributed by atoms with E-state index in [1.165, 1.54) is 18.4 Å². The third-order valence-electron chi connectivity index (χ3n) is 2.72. The topological polar surface area (TPSA) is 30.5 Å². The van der Waals surface area contributed by atoms with Crippen molar-refractivity contribution < 1.29 is 9.47 Å². The second-order valence-corrected chi connectivity index (χ2v) is 5.65. The molecule has 0 heterocycles. The van der Waals surface area contributed by atoms with Gasteiger partial charge in [0, 0.05) is 11.0 Å². The zero-order chi connectivity index (χ0) is 14.3. The molecule has 0 radical (unpaired) electrons. The van der Waals surface area contributed by atoms with Crippen molar-refractivity contribution in [2.24, 2.45) is 0 Å². The van der Waals surface area contributed by atoms with Crippen molar-refractivity contribution >= 4 is 15.9 Å². The predicted molar refractivity (Wildman–Crippen MR) is 83.1 cm³/mol. The summed E-state index contributed by atoms with van der Waals surface area (Å²) in [6.45, 7) is 8.08. The average molecular weight is 330 g/mol. The van der Waals surface area contributed by atoms with Crippen LogP contribution in [0.3, 0.4) is 0 Å². The van der Waals surface area contributed by atoms with E-state index in [9.17, 15) is 0 Å². The molecule has 0 amide bonds. The highest BCUT2D eigenvalue weighted by atomic mass is 79.9. The lowest BCUT2D eigenvalue weighted by Gasteiger charge is -2.16. The number of rotatable bonds is 8. The molecule has 1 N–H and O–H groups in total. The van der Waals surface area contributed by atoms with E-state index >= 15 is 0 Å². The van der Waals surface area contributed by atoms with E-state index < -0.39 is 0 Å². The number of nitrogens with one attached hydrogen (secondary N) is 1. The number of methoxy groups -OCH3 is 1. The normalized spacial score (nSPS) is 10.8. The Morgan fingerprint density at radius 1 is 1.26 bits per heavy atom. The van der Waals surface area contributed by atoms with Gasteiger partial charge < -0.3 is 14.8 Å². The first kappa shape index (κ1) is 16.3. The molecule has 0 saturated heterocycles. The van der Waals surface area contributed by atoms with Gasteiger partial charge in [-0.1, -0.05) is 29.3 Å². The fourth-order valence-corrected chi connectivity index (χ4v) is 2.21. The molecule has 1 aromatic carbocycles. The molecule has 0 aliphatic carbocycles. The zero-order valence-electron chi connectivity index (χ0n) is 12.3. The quantitative estimate of drug-likeness (QED) is 0.727. The first-order valence-corrected chi connectivity index (χ1v) is 7.61. The standard InChI is InChI=1S/C15H24BrNO2/c1-5-6-7-17-10-12-8-14(18-4)15(9-13(12)16)19-11(2)3/h8-9,11,17H,5-7,10H2,1-4H3. The molecule has 0 unspecified atom stereocenters. The van der Waals surface area contributed by atoms with Crippen LogP contribution in [-0.2, 0) is 6.54 Å². The summed E-state index contributed by atoms with van der Waals surface area (Å²) in [5, 5.41) is 3.43. The van der Waals surface area contributed by atoms with Gasteiger partial charge in [-0.25, -0.2) is 0 Å². The van der Waals surface area contributed by atoms with Crippen LogP contribution in [0.1, 0.15) is 39.2 Å². The van der Waals surface area contributed by atoms with E-state index in [4.69, 9.17) is 9.47 Å². The largest absolute Gasteiger partial charge is 0.493 e. The summed E-state index contributed by atoms with van der Waals surface area (Å²) in [4.78, 5) is 0. The van der Waals surface area contributed by atoms with E-state index in [0.29, 0.717) is 0 Å². The highest BCUT2D eigenvalue weighted by Crippen LogP contribution is 2.34. The Morgan fingerprint density at radius 3 is 2.58 bits per heavy atom. The second kappa shape index (κ2) is 8.43.